The van der Waals surface area contributed by atoms with Gasteiger partial charge in [-0.1, -0.05) is 32.9 Å². The number of amides is 1. The fourth-order valence-electron chi connectivity index (χ4n) is 2.34. The zero-order chi connectivity index (χ0) is 14.0. The van der Waals surface area contributed by atoms with Gasteiger partial charge in [-0.25, -0.2) is 0 Å². The molecule has 0 spiro atoms. The first-order chi connectivity index (χ1) is 8.90. The van der Waals surface area contributed by atoms with Crippen LogP contribution < -0.4 is 10.1 Å². The average molecular weight is 262 g/mol. The zero-order valence-electron chi connectivity index (χ0n) is 12.1. The lowest BCUT2D eigenvalue weighted by molar-refractivity contribution is -0.129. The van der Waals surface area contributed by atoms with Crippen molar-refractivity contribution < 1.29 is 9.53 Å². The summed E-state index contributed by atoms with van der Waals surface area (Å²) >= 11 is 0. The number of benzene rings is 1. The van der Waals surface area contributed by atoms with E-state index in [1.165, 1.54) is 0 Å². The van der Waals surface area contributed by atoms with Gasteiger partial charge in [0.2, 0.25) is 5.91 Å². The highest BCUT2D eigenvalue weighted by molar-refractivity contribution is 5.81. The van der Waals surface area contributed by atoms with Crippen LogP contribution in [0, 0.1) is 5.41 Å². The number of rotatable bonds is 3. The molecule has 1 aromatic carbocycles. The van der Waals surface area contributed by atoms with Gasteiger partial charge >= 0.3 is 0 Å². The van der Waals surface area contributed by atoms with E-state index in [1.807, 2.05) is 29.2 Å². The highest BCUT2D eigenvalue weighted by Gasteiger charge is 2.34. The Bertz CT molecular complexity index is 465. The third-order valence-electron chi connectivity index (χ3n) is 3.13. The molecule has 0 saturated carbocycles. The van der Waals surface area contributed by atoms with Gasteiger partial charge in [-0.05, 0) is 23.1 Å². The molecule has 1 amide bonds. The van der Waals surface area contributed by atoms with Crippen molar-refractivity contribution in [2.45, 2.75) is 26.9 Å². The van der Waals surface area contributed by atoms with E-state index in [9.17, 15) is 4.79 Å². The van der Waals surface area contributed by atoms with Crippen LogP contribution in [0.1, 0.15) is 32.5 Å². The van der Waals surface area contributed by atoms with Crippen molar-refractivity contribution >= 4 is 5.91 Å². The lowest BCUT2D eigenvalue weighted by atomic mass is 9.95. The van der Waals surface area contributed by atoms with Gasteiger partial charge in [0.1, 0.15) is 11.9 Å². The third-order valence-corrected chi connectivity index (χ3v) is 3.13. The lowest BCUT2D eigenvalue weighted by Crippen LogP contribution is -2.37. The van der Waals surface area contributed by atoms with Crippen molar-refractivity contribution in [3.05, 3.63) is 29.8 Å². The molecule has 1 aliphatic rings. The molecule has 2 rings (SSSR count). The summed E-state index contributed by atoms with van der Waals surface area (Å²) in [4.78, 5) is 13.9. The van der Waals surface area contributed by atoms with Crippen LogP contribution in [0.3, 0.4) is 0 Å². The van der Waals surface area contributed by atoms with Gasteiger partial charge in [0.05, 0.1) is 13.7 Å². The first kappa shape index (κ1) is 13.9. The monoisotopic (exact) mass is 262 g/mol. The number of nitrogens with zero attached hydrogens (tertiary/aromatic N) is 1. The van der Waals surface area contributed by atoms with E-state index < -0.39 is 0 Å². The largest absolute Gasteiger partial charge is 0.497 e. The Labute approximate surface area is 114 Å². The van der Waals surface area contributed by atoms with Crippen molar-refractivity contribution in [3.63, 3.8) is 0 Å². The fraction of sp³-hybridized carbons (Fsp3) is 0.533. The van der Waals surface area contributed by atoms with Gasteiger partial charge in [-0.3, -0.25) is 10.1 Å². The highest BCUT2D eigenvalue weighted by Crippen LogP contribution is 2.28. The molecule has 0 radical (unpaired) electrons. The maximum Gasteiger partial charge on any atom is 0.238 e. The van der Waals surface area contributed by atoms with Crippen molar-refractivity contribution in [2.24, 2.45) is 5.41 Å². The predicted octanol–water partition coefficient (Wildman–Crippen LogP) is 2.17. The second kappa shape index (κ2) is 5.21. The Morgan fingerprint density at radius 1 is 1.42 bits per heavy atom. The number of hydrogen-bond acceptors (Lipinski definition) is 3. The molecule has 104 valence electrons. The van der Waals surface area contributed by atoms with Crippen LogP contribution >= 0.6 is 0 Å². The van der Waals surface area contributed by atoms with Crippen LogP contribution in [0.2, 0.25) is 0 Å². The summed E-state index contributed by atoms with van der Waals surface area (Å²) in [6.45, 7) is 7.56. The minimum absolute atomic E-state index is 0.0539. The molecule has 1 N–H and O–H groups in total. The third kappa shape index (κ3) is 3.26. The summed E-state index contributed by atoms with van der Waals surface area (Å²) < 4.78 is 5.25. The first-order valence-corrected chi connectivity index (χ1v) is 6.57. The fourth-order valence-corrected chi connectivity index (χ4v) is 2.34. The second-order valence-electron chi connectivity index (χ2n) is 6.14. The molecule has 1 unspecified atom stereocenters. The van der Waals surface area contributed by atoms with E-state index in [0.29, 0.717) is 6.54 Å². The predicted molar refractivity (Wildman–Crippen MR) is 74.9 cm³/mol. The van der Waals surface area contributed by atoms with Crippen LogP contribution in [0.25, 0.3) is 0 Å². The van der Waals surface area contributed by atoms with Gasteiger partial charge in [0.25, 0.3) is 0 Å². The average Bonchev–Trinajstić information content (AvgIpc) is 2.69. The summed E-state index contributed by atoms with van der Waals surface area (Å²) in [5.41, 5.74) is 1.15. The number of methoxy groups -OCH3 is 1. The molecule has 4 nitrogen and oxygen atoms in total. The number of ether oxygens (including phenoxy) is 1. The molecule has 19 heavy (non-hydrogen) atoms. The summed E-state index contributed by atoms with van der Waals surface area (Å²) in [5.74, 6) is 0.970. The Kier molecular flexibility index (Phi) is 3.80. The summed E-state index contributed by atoms with van der Waals surface area (Å²) in [6, 6.07) is 7.86. The molecule has 1 aliphatic heterocycles. The van der Waals surface area contributed by atoms with Gasteiger partial charge in [0.15, 0.2) is 0 Å². The number of nitrogens with one attached hydrogen (secondary N) is 1. The standard InChI is InChI=1S/C15H22N2O2/c1-15(2,3)10-17-13(18)9-16-14(17)11-6-5-7-12(8-11)19-4/h5-8,14,16H,9-10H2,1-4H3. The summed E-state index contributed by atoms with van der Waals surface area (Å²) in [6.07, 6.45) is -0.0539. The number of carbonyl (C=O) groups excluding carboxylic acids is 1. The topological polar surface area (TPSA) is 41.6 Å². The van der Waals surface area contributed by atoms with E-state index in [-0.39, 0.29) is 17.5 Å². The van der Waals surface area contributed by atoms with Gasteiger partial charge < -0.3 is 9.64 Å². The van der Waals surface area contributed by atoms with Crippen LogP contribution in [-0.2, 0) is 4.79 Å². The maximum atomic E-state index is 12.0. The molecular formula is C15H22N2O2. The van der Waals surface area contributed by atoms with Crippen molar-refractivity contribution in [3.8, 4) is 5.75 Å². The van der Waals surface area contributed by atoms with Crippen LogP contribution in [0.15, 0.2) is 24.3 Å². The minimum atomic E-state index is -0.0539. The molecule has 1 atom stereocenters. The number of hydrogen-bond donors (Lipinski definition) is 1. The second-order valence-corrected chi connectivity index (χ2v) is 6.14. The van der Waals surface area contributed by atoms with Crippen molar-refractivity contribution in [1.82, 2.24) is 10.2 Å². The van der Waals surface area contributed by atoms with Gasteiger partial charge in [-0.2, -0.15) is 0 Å². The van der Waals surface area contributed by atoms with Crippen LogP contribution in [-0.4, -0.2) is 31.0 Å². The SMILES string of the molecule is COc1cccc(C2NCC(=O)N2CC(C)(C)C)c1. The lowest BCUT2D eigenvalue weighted by Gasteiger charge is -2.31. The van der Waals surface area contributed by atoms with E-state index in [1.54, 1.807) is 7.11 Å². The molecule has 0 aliphatic carbocycles. The molecule has 1 saturated heterocycles. The van der Waals surface area contributed by atoms with Crippen molar-refractivity contribution in [2.75, 3.05) is 20.2 Å². The van der Waals surface area contributed by atoms with E-state index in [2.05, 4.69) is 26.1 Å². The van der Waals surface area contributed by atoms with Crippen LogP contribution in [0.4, 0.5) is 0 Å². The molecule has 1 heterocycles. The summed E-state index contributed by atoms with van der Waals surface area (Å²) in [5, 5.41) is 3.27. The Hall–Kier alpha value is -1.55. The maximum absolute atomic E-state index is 12.0. The van der Waals surface area contributed by atoms with E-state index in [4.69, 9.17) is 4.74 Å². The van der Waals surface area contributed by atoms with Gasteiger partial charge in [-0.15, -0.1) is 0 Å². The van der Waals surface area contributed by atoms with Gasteiger partial charge in [0, 0.05) is 6.54 Å². The molecule has 0 aromatic heterocycles. The van der Waals surface area contributed by atoms with E-state index in [0.717, 1.165) is 17.9 Å². The quantitative estimate of drug-likeness (QED) is 0.907. The Morgan fingerprint density at radius 2 is 2.16 bits per heavy atom. The Balaban J connectivity index is 2.24. The zero-order valence-corrected chi connectivity index (χ0v) is 12.1. The molecule has 0 bridgehead atoms. The number of carbonyl (C=O) groups is 1. The Morgan fingerprint density at radius 3 is 2.79 bits per heavy atom. The molecule has 1 fully saturated rings. The summed E-state index contributed by atoms with van der Waals surface area (Å²) in [7, 11) is 1.65. The highest BCUT2D eigenvalue weighted by atomic mass is 16.5. The molecular weight excluding hydrogens is 240 g/mol. The smallest absolute Gasteiger partial charge is 0.238 e. The normalized spacial score (nSPS) is 19.9. The van der Waals surface area contributed by atoms with Crippen LogP contribution in [0.5, 0.6) is 5.75 Å². The molecule has 1 aromatic rings. The van der Waals surface area contributed by atoms with Crippen molar-refractivity contribution in [1.29, 1.82) is 0 Å². The first-order valence-electron chi connectivity index (χ1n) is 6.57. The minimum Gasteiger partial charge on any atom is -0.497 e. The van der Waals surface area contributed by atoms with E-state index >= 15 is 0 Å². The molecule has 4 heteroatoms.